The van der Waals surface area contributed by atoms with Crippen molar-refractivity contribution in [1.82, 2.24) is 0 Å². The quantitative estimate of drug-likeness (QED) is 0.554. The number of phosphoric acid groups is 1. The van der Waals surface area contributed by atoms with Crippen LogP contribution in [0.2, 0.25) is 0 Å². The van der Waals surface area contributed by atoms with E-state index in [0.717, 1.165) is 0 Å². The van der Waals surface area contributed by atoms with E-state index in [-0.39, 0.29) is 19.3 Å². The van der Waals surface area contributed by atoms with Crippen molar-refractivity contribution in [3.63, 3.8) is 0 Å². The molecule has 0 bridgehead atoms. The molecule has 2 unspecified atom stereocenters. The number of hydrogen-bond acceptors (Lipinski definition) is 4. The van der Waals surface area contributed by atoms with Gasteiger partial charge in [0.15, 0.2) is 0 Å². The summed E-state index contributed by atoms with van der Waals surface area (Å²) in [5.74, 6) is 0. The second-order valence-corrected chi connectivity index (χ2v) is 3.73. The van der Waals surface area contributed by atoms with Crippen molar-refractivity contribution in [2.45, 2.75) is 13.0 Å². The van der Waals surface area contributed by atoms with E-state index in [9.17, 15) is 4.57 Å². The Morgan fingerprint density at radius 3 is 2.91 bits per heavy atom. The zero-order chi connectivity index (χ0) is 8.32. The molecule has 0 spiro atoms. The van der Waals surface area contributed by atoms with Gasteiger partial charge in [0, 0.05) is 0 Å². The third-order valence-corrected chi connectivity index (χ3v) is 2.20. The van der Waals surface area contributed by atoms with Gasteiger partial charge in [0.2, 0.25) is 0 Å². The van der Waals surface area contributed by atoms with Crippen molar-refractivity contribution in [1.29, 1.82) is 0 Å². The lowest BCUT2D eigenvalue weighted by Crippen LogP contribution is -2.21. The summed E-state index contributed by atoms with van der Waals surface area (Å²) in [4.78, 5) is 8.85. The normalized spacial score (nSPS) is 41.1. The van der Waals surface area contributed by atoms with Crippen LogP contribution in [0, 0.1) is 0 Å². The van der Waals surface area contributed by atoms with Gasteiger partial charge in [-0.15, -0.1) is 0 Å². The first-order valence-corrected chi connectivity index (χ1v) is 4.83. The van der Waals surface area contributed by atoms with E-state index in [4.69, 9.17) is 9.63 Å². The second kappa shape index (κ2) is 3.65. The molecule has 0 radical (unpaired) electrons. The summed E-state index contributed by atoms with van der Waals surface area (Å²) in [5, 5.41) is 0. The van der Waals surface area contributed by atoms with Crippen LogP contribution < -0.4 is 0 Å². The van der Waals surface area contributed by atoms with Gasteiger partial charge in [-0.05, 0) is 6.92 Å². The van der Waals surface area contributed by atoms with E-state index >= 15 is 0 Å². The predicted octanol–water partition coefficient (Wildman–Crippen LogP) is 0.539. The minimum absolute atomic E-state index is 0.0910. The molecule has 6 heteroatoms. The van der Waals surface area contributed by atoms with Gasteiger partial charge in [-0.3, -0.25) is 9.05 Å². The molecule has 1 heterocycles. The van der Waals surface area contributed by atoms with Gasteiger partial charge in [0.1, 0.15) is 0 Å². The lowest BCUT2D eigenvalue weighted by molar-refractivity contribution is -0.0195. The molecule has 66 valence electrons. The van der Waals surface area contributed by atoms with Crippen LogP contribution in [-0.4, -0.2) is 30.8 Å². The molecular formula is C5H11O5P. The molecule has 11 heavy (non-hydrogen) atoms. The van der Waals surface area contributed by atoms with E-state index in [1.807, 2.05) is 0 Å². The Hall–Kier alpha value is 0.0700. The van der Waals surface area contributed by atoms with Gasteiger partial charge >= 0.3 is 7.82 Å². The van der Waals surface area contributed by atoms with Gasteiger partial charge in [-0.25, -0.2) is 4.57 Å². The molecule has 0 aromatic rings. The maximum Gasteiger partial charge on any atom is 0.472 e. The maximum absolute atomic E-state index is 10.8. The highest BCUT2D eigenvalue weighted by Gasteiger charge is 2.24. The maximum atomic E-state index is 10.8. The van der Waals surface area contributed by atoms with E-state index in [1.165, 1.54) is 0 Å². The lowest BCUT2D eigenvalue weighted by Gasteiger charge is -2.19. The summed E-state index contributed by atoms with van der Waals surface area (Å²) < 4.78 is 24.9. The first-order valence-electron chi connectivity index (χ1n) is 3.34. The van der Waals surface area contributed by atoms with Crippen LogP contribution in [0.3, 0.4) is 0 Å². The molecule has 0 saturated carbocycles. The molecule has 0 aromatic carbocycles. The van der Waals surface area contributed by atoms with Crippen molar-refractivity contribution in [2.75, 3.05) is 19.8 Å². The Labute approximate surface area is 64.9 Å². The number of hydrogen-bond donors (Lipinski definition) is 1. The molecule has 0 aliphatic carbocycles. The van der Waals surface area contributed by atoms with Crippen LogP contribution in [-0.2, 0) is 18.3 Å². The van der Waals surface area contributed by atoms with Gasteiger partial charge in [0.05, 0.1) is 25.9 Å². The Morgan fingerprint density at radius 1 is 1.45 bits per heavy atom. The third-order valence-electron chi connectivity index (χ3n) is 1.21. The Balaban J connectivity index is 2.44. The van der Waals surface area contributed by atoms with Crippen LogP contribution in [0.15, 0.2) is 0 Å². The van der Waals surface area contributed by atoms with Crippen molar-refractivity contribution in [2.24, 2.45) is 0 Å². The van der Waals surface area contributed by atoms with Crippen LogP contribution >= 0.6 is 7.82 Å². The van der Waals surface area contributed by atoms with E-state index in [1.54, 1.807) is 6.92 Å². The van der Waals surface area contributed by atoms with Crippen LogP contribution in [0.5, 0.6) is 0 Å². The molecule has 5 nitrogen and oxygen atoms in total. The fourth-order valence-electron chi connectivity index (χ4n) is 0.686. The van der Waals surface area contributed by atoms with Crippen LogP contribution in [0.4, 0.5) is 0 Å². The summed E-state index contributed by atoms with van der Waals surface area (Å²) in [7, 11) is -3.78. The highest BCUT2D eigenvalue weighted by molar-refractivity contribution is 7.47. The Morgan fingerprint density at radius 2 is 2.18 bits per heavy atom. The largest absolute Gasteiger partial charge is 0.472 e. The molecule has 0 amide bonds. The zero-order valence-electron chi connectivity index (χ0n) is 6.23. The summed E-state index contributed by atoms with van der Waals surface area (Å²) in [5.41, 5.74) is 0. The average Bonchev–Trinajstić information content (AvgIpc) is 1.92. The summed E-state index contributed by atoms with van der Waals surface area (Å²) in [6, 6.07) is 0. The number of phosphoric ester groups is 1. The van der Waals surface area contributed by atoms with Crippen LogP contribution in [0.1, 0.15) is 6.92 Å². The van der Waals surface area contributed by atoms with Crippen molar-refractivity contribution >= 4 is 7.82 Å². The predicted molar refractivity (Wildman–Crippen MR) is 37.1 cm³/mol. The Bertz CT molecular complexity index is 170. The first kappa shape index (κ1) is 9.16. The fraction of sp³-hybridized carbons (Fsp3) is 1.00. The van der Waals surface area contributed by atoms with Gasteiger partial charge in [-0.1, -0.05) is 0 Å². The van der Waals surface area contributed by atoms with Crippen LogP contribution in [0.25, 0.3) is 0 Å². The molecule has 1 fully saturated rings. The average molecular weight is 182 g/mol. The van der Waals surface area contributed by atoms with Gasteiger partial charge in [0.25, 0.3) is 0 Å². The second-order valence-electron chi connectivity index (χ2n) is 2.28. The number of rotatable bonds is 0. The number of ether oxygens (including phenoxy) is 1. The topological polar surface area (TPSA) is 65.0 Å². The minimum Gasteiger partial charge on any atom is -0.374 e. The Kier molecular flexibility index (Phi) is 3.04. The molecule has 1 saturated heterocycles. The van der Waals surface area contributed by atoms with Gasteiger partial charge in [-0.2, -0.15) is 0 Å². The molecule has 1 aliphatic heterocycles. The van der Waals surface area contributed by atoms with Gasteiger partial charge < -0.3 is 9.63 Å². The highest BCUT2D eigenvalue weighted by atomic mass is 31.2. The molecule has 1 N–H and O–H groups in total. The first-order chi connectivity index (χ1) is 5.10. The van der Waals surface area contributed by atoms with Crippen molar-refractivity contribution in [3.8, 4) is 0 Å². The molecular weight excluding hydrogens is 171 g/mol. The fourth-order valence-corrected chi connectivity index (χ4v) is 1.46. The van der Waals surface area contributed by atoms with E-state index < -0.39 is 7.82 Å². The smallest absolute Gasteiger partial charge is 0.374 e. The monoisotopic (exact) mass is 182 g/mol. The van der Waals surface area contributed by atoms with E-state index in [2.05, 4.69) is 9.05 Å². The molecule has 1 rings (SSSR count). The van der Waals surface area contributed by atoms with Crippen molar-refractivity contribution in [3.05, 3.63) is 0 Å². The zero-order valence-corrected chi connectivity index (χ0v) is 7.12. The summed E-state index contributed by atoms with van der Waals surface area (Å²) in [6.45, 7) is 2.28. The van der Waals surface area contributed by atoms with E-state index in [0.29, 0.717) is 6.61 Å². The highest BCUT2D eigenvalue weighted by Crippen LogP contribution is 2.43. The third kappa shape index (κ3) is 3.31. The summed E-state index contributed by atoms with van der Waals surface area (Å²) in [6.07, 6.45) is -0.153. The standard InChI is InChI=1S/C5H11O5P/c1-5-4-10-11(6,7)9-3-2-8-5/h5H,2-4H2,1H3,(H,6,7). The molecule has 0 aromatic heterocycles. The molecule has 1 aliphatic rings. The minimum atomic E-state index is -3.78. The molecule has 2 atom stereocenters. The lowest BCUT2D eigenvalue weighted by atomic mass is 10.4. The van der Waals surface area contributed by atoms with Crippen molar-refractivity contribution < 1.29 is 23.2 Å². The SMILES string of the molecule is CC1COP(=O)(O)OCCO1. The summed E-state index contributed by atoms with van der Waals surface area (Å²) >= 11 is 0.